The quantitative estimate of drug-likeness (QED) is 0.622. The van der Waals surface area contributed by atoms with Gasteiger partial charge in [0.05, 0.1) is 17.0 Å². The molecule has 0 spiro atoms. The topological polar surface area (TPSA) is 26.0 Å². The fourth-order valence-corrected chi connectivity index (χ4v) is 1.99. The van der Waals surface area contributed by atoms with Crippen molar-refractivity contribution in [3.8, 4) is 11.4 Å². The van der Waals surface area contributed by atoms with Gasteiger partial charge in [-0.05, 0) is 16.8 Å². The van der Waals surface area contributed by atoms with E-state index in [0.29, 0.717) is 0 Å². The molecular formula is C9H9N2OS2+. The Balaban J connectivity index is 2.39. The highest BCUT2D eigenvalue weighted by Gasteiger charge is 2.13. The number of aromatic nitrogens is 2. The molecule has 72 valence electrons. The number of hydrogen-bond donors (Lipinski definition) is 1. The SMILES string of the molecule is COc1ccc(-[n+]2nscc2S)cc1. The summed E-state index contributed by atoms with van der Waals surface area (Å²) >= 11 is 5.67. The Morgan fingerprint density at radius 2 is 2.07 bits per heavy atom. The molecular weight excluding hydrogens is 216 g/mol. The van der Waals surface area contributed by atoms with Crippen LogP contribution in [0.1, 0.15) is 0 Å². The number of thiol groups is 1. The molecule has 0 saturated heterocycles. The highest BCUT2D eigenvalue weighted by molar-refractivity contribution is 7.80. The molecule has 0 N–H and O–H groups in total. The van der Waals surface area contributed by atoms with E-state index in [9.17, 15) is 0 Å². The third kappa shape index (κ3) is 1.73. The van der Waals surface area contributed by atoms with Gasteiger partial charge in [0, 0.05) is 23.7 Å². The van der Waals surface area contributed by atoms with Gasteiger partial charge in [0.25, 0.3) is 5.03 Å². The third-order valence-electron chi connectivity index (χ3n) is 1.82. The largest absolute Gasteiger partial charge is 0.497 e. The van der Waals surface area contributed by atoms with Gasteiger partial charge in [-0.2, -0.15) is 0 Å². The van der Waals surface area contributed by atoms with Crippen LogP contribution in [0.3, 0.4) is 0 Å². The van der Waals surface area contributed by atoms with E-state index in [0.717, 1.165) is 16.5 Å². The van der Waals surface area contributed by atoms with Crippen LogP contribution in [0.2, 0.25) is 0 Å². The summed E-state index contributed by atoms with van der Waals surface area (Å²) in [4.78, 5) is 0. The van der Waals surface area contributed by atoms with Gasteiger partial charge in [-0.1, -0.05) is 12.6 Å². The van der Waals surface area contributed by atoms with Crippen LogP contribution in [-0.2, 0) is 0 Å². The lowest BCUT2D eigenvalue weighted by molar-refractivity contribution is -0.687. The van der Waals surface area contributed by atoms with Gasteiger partial charge in [-0.15, -0.1) is 0 Å². The van der Waals surface area contributed by atoms with E-state index in [2.05, 4.69) is 17.1 Å². The molecule has 0 unspecified atom stereocenters. The second kappa shape index (κ2) is 3.98. The molecule has 0 aliphatic carbocycles. The average Bonchev–Trinajstić information content (AvgIpc) is 2.65. The zero-order valence-electron chi connectivity index (χ0n) is 7.54. The van der Waals surface area contributed by atoms with Crippen molar-refractivity contribution in [2.24, 2.45) is 0 Å². The van der Waals surface area contributed by atoms with Gasteiger partial charge < -0.3 is 4.74 Å². The summed E-state index contributed by atoms with van der Waals surface area (Å²) in [5, 5.41) is 2.72. The second-order valence-corrected chi connectivity index (χ2v) is 3.74. The number of benzene rings is 1. The molecule has 0 radical (unpaired) electrons. The van der Waals surface area contributed by atoms with E-state index >= 15 is 0 Å². The number of nitrogens with zero attached hydrogens (tertiary/aromatic N) is 2. The smallest absolute Gasteiger partial charge is 0.282 e. The van der Waals surface area contributed by atoms with Crippen molar-refractivity contribution in [3.05, 3.63) is 29.6 Å². The lowest BCUT2D eigenvalue weighted by atomic mass is 10.3. The number of rotatable bonds is 2. The lowest BCUT2D eigenvalue weighted by Crippen LogP contribution is -2.33. The molecule has 1 aromatic heterocycles. The molecule has 0 saturated carbocycles. The van der Waals surface area contributed by atoms with Crippen molar-refractivity contribution in [1.82, 2.24) is 4.49 Å². The van der Waals surface area contributed by atoms with E-state index in [-0.39, 0.29) is 0 Å². The van der Waals surface area contributed by atoms with Crippen molar-refractivity contribution in [2.45, 2.75) is 5.03 Å². The van der Waals surface area contributed by atoms with Gasteiger partial charge in [0.2, 0.25) is 5.69 Å². The molecule has 0 amide bonds. The first-order valence-electron chi connectivity index (χ1n) is 4.01. The van der Waals surface area contributed by atoms with Gasteiger partial charge in [-0.25, -0.2) is 0 Å². The predicted molar refractivity (Wildman–Crippen MR) is 57.5 cm³/mol. The molecule has 14 heavy (non-hydrogen) atoms. The molecule has 0 fully saturated rings. The summed E-state index contributed by atoms with van der Waals surface area (Å²) in [5.74, 6) is 0.838. The first-order valence-corrected chi connectivity index (χ1v) is 5.30. The first kappa shape index (κ1) is 9.48. The van der Waals surface area contributed by atoms with Crippen molar-refractivity contribution in [3.63, 3.8) is 0 Å². The Labute approximate surface area is 91.5 Å². The molecule has 0 aliphatic heterocycles. The van der Waals surface area contributed by atoms with Gasteiger partial charge in [-0.3, -0.25) is 0 Å². The van der Waals surface area contributed by atoms with Gasteiger partial charge in [0.15, 0.2) is 0 Å². The minimum absolute atomic E-state index is 0.833. The van der Waals surface area contributed by atoms with Crippen LogP contribution in [0.4, 0.5) is 0 Å². The molecule has 0 atom stereocenters. The van der Waals surface area contributed by atoms with Gasteiger partial charge >= 0.3 is 0 Å². The van der Waals surface area contributed by atoms with Crippen LogP contribution in [-0.4, -0.2) is 11.6 Å². The monoisotopic (exact) mass is 225 g/mol. The summed E-state index contributed by atoms with van der Waals surface area (Å²) in [6.45, 7) is 0. The Hall–Kier alpha value is -1.07. The molecule has 5 heteroatoms. The molecule has 0 aliphatic rings. The summed E-state index contributed by atoms with van der Waals surface area (Å²) in [6, 6.07) is 7.68. The van der Waals surface area contributed by atoms with Crippen LogP contribution >= 0.6 is 24.2 Å². The molecule has 2 rings (SSSR count). The Morgan fingerprint density at radius 1 is 1.36 bits per heavy atom. The van der Waals surface area contributed by atoms with Crippen LogP contribution in [0.15, 0.2) is 34.7 Å². The number of ether oxygens (including phenoxy) is 1. The highest BCUT2D eigenvalue weighted by atomic mass is 32.1. The van der Waals surface area contributed by atoms with Crippen LogP contribution in [0.5, 0.6) is 5.75 Å². The minimum atomic E-state index is 0.833. The molecule has 1 heterocycles. The van der Waals surface area contributed by atoms with Crippen LogP contribution in [0.25, 0.3) is 5.69 Å². The maximum atomic E-state index is 5.07. The van der Waals surface area contributed by atoms with Crippen molar-refractivity contribution in [2.75, 3.05) is 7.11 Å². The summed E-state index contributed by atoms with van der Waals surface area (Å²) < 4.78 is 11.0. The van der Waals surface area contributed by atoms with Crippen LogP contribution in [0, 0.1) is 0 Å². The summed E-state index contributed by atoms with van der Waals surface area (Å²) in [6.07, 6.45) is 0. The molecule has 2 aromatic rings. The lowest BCUT2D eigenvalue weighted by Gasteiger charge is -1.96. The zero-order chi connectivity index (χ0) is 9.97. The molecule has 1 aromatic carbocycles. The number of methoxy groups -OCH3 is 1. The van der Waals surface area contributed by atoms with E-state index < -0.39 is 0 Å². The maximum Gasteiger partial charge on any atom is 0.282 e. The number of hydrogen-bond acceptors (Lipinski definition) is 4. The van der Waals surface area contributed by atoms with E-state index in [1.54, 1.807) is 11.8 Å². The summed E-state index contributed by atoms with van der Waals surface area (Å²) in [5.41, 5.74) is 0.983. The Bertz CT molecular complexity index is 425. The Kier molecular flexibility index (Phi) is 2.69. The van der Waals surface area contributed by atoms with Crippen molar-refractivity contribution < 1.29 is 9.42 Å². The standard InChI is InChI=1S/C9H8N2OS2/c1-12-8-4-2-7(3-5-8)11-9(13)6-14-10-11/h2-6H,1H3/p+1. The first-order chi connectivity index (χ1) is 6.81. The third-order valence-corrected chi connectivity index (χ3v) is 2.90. The van der Waals surface area contributed by atoms with E-state index in [1.807, 2.05) is 29.6 Å². The fourth-order valence-electron chi connectivity index (χ4n) is 1.11. The fraction of sp³-hybridized carbons (Fsp3) is 0.111. The van der Waals surface area contributed by atoms with Crippen molar-refractivity contribution in [1.29, 1.82) is 0 Å². The van der Waals surface area contributed by atoms with Crippen molar-refractivity contribution >= 4 is 24.2 Å². The minimum Gasteiger partial charge on any atom is -0.497 e. The predicted octanol–water partition coefficient (Wildman–Crippen LogP) is 1.72. The van der Waals surface area contributed by atoms with E-state index in [1.165, 1.54) is 11.5 Å². The normalized spacial score (nSPS) is 10.1. The summed E-state index contributed by atoms with van der Waals surface area (Å²) in [7, 11) is 1.65. The zero-order valence-corrected chi connectivity index (χ0v) is 9.26. The highest BCUT2D eigenvalue weighted by Crippen LogP contribution is 2.12. The molecule has 0 bridgehead atoms. The van der Waals surface area contributed by atoms with Gasteiger partial charge in [0.1, 0.15) is 5.75 Å². The maximum absolute atomic E-state index is 5.07. The second-order valence-electron chi connectivity index (χ2n) is 2.67. The van der Waals surface area contributed by atoms with Crippen LogP contribution < -0.4 is 9.42 Å². The molecule has 3 nitrogen and oxygen atoms in total. The Morgan fingerprint density at radius 3 is 2.57 bits per heavy atom. The van der Waals surface area contributed by atoms with E-state index in [4.69, 9.17) is 4.74 Å². The average molecular weight is 225 g/mol.